The first kappa shape index (κ1) is 10.7. The van der Waals surface area contributed by atoms with Crippen molar-refractivity contribution in [3.05, 3.63) is 12.2 Å². The van der Waals surface area contributed by atoms with Crippen LogP contribution in [0.4, 0.5) is 0 Å². The van der Waals surface area contributed by atoms with Gasteiger partial charge in [-0.3, -0.25) is 4.90 Å². The van der Waals surface area contributed by atoms with Crippen molar-refractivity contribution in [1.29, 1.82) is 0 Å². The molecule has 0 aromatic rings. The van der Waals surface area contributed by atoms with Gasteiger partial charge in [-0.15, -0.1) is 0 Å². The highest BCUT2D eigenvalue weighted by atomic mass is 16.3. The van der Waals surface area contributed by atoms with Gasteiger partial charge in [-0.05, 0) is 20.8 Å². The summed E-state index contributed by atoms with van der Waals surface area (Å²) >= 11 is 0. The third-order valence-corrected chi connectivity index (χ3v) is 1.59. The fraction of sp³-hybridized carbons (Fsp3) is 0.778. The van der Waals surface area contributed by atoms with Crippen LogP contribution in [0.2, 0.25) is 0 Å². The van der Waals surface area contributed by atoms with Gasteiger partial charge in [-0.2, -0.15) is 0 Å². The molecule has 0 amide bonds. The molecular formula is C9H19NO. The highest BCUT2D eigenvalue weighted by Gasteiger charge is 2.07. The average Bonchev–Trinajstić information content (AvgIpc) is 1.86. The average molecular weight is 157 g/mol. The standard InChI is InChI=1S/C9H19NO/c1-8(2)7-10(5-6-11)9(3)4/h9,11H,1,5-7H2,2-4H3. The maximum Gasteiger partial charge on any atom is 0.0558 e. The summed E-state index contributed by atoms with van der Waals surface area (Å²) in [5.74, 6) is 0. The van der Waals surface area contributed by atoms with Gasteiger partial charge in [-0.25, -0.2) is 0 Å². The molecule has 2 heteroatoms. The normalized spacial score (nSPS) is 11.1. The summed E-state index contributed by atoms with van der Waals surface area (Å²) in [4.78, 5) is 2.20. The Hall–Kier alpha value is -0.340. The maximum absolute atomic E-state index is 8.73. The monoisotopic (exact) mass is 157 g/mol. The van der Waals surface area contributed by atoms with Crippen molar-refractivity contribution in [3.8, 4) is 0 Å². The van der Waals surface area contributed by atoms with Crippen LogP contribution in [0.15, 0.2) is 12.2 Å². The van der Waals surface area contributed by atoms with Crippen LogP contribution in [0, 0.1) is 0 Å². The zero-order chi connectivity index (χ0) is 8.85. The molecule has 0 saturated carbocycles. The Balaban J connectivity index is 3.79. The SMILES string of the molecule is C=C(C)CN(CCO)C(C)C. The van der Waals surface area contributed by atoms with Gasteiger partial charge >= 0.3 is 0 Å². The second kappa shape index (κ2) is 5.33. The summed E-state index contributed by atoms with van der Waals surface area (Å²) in [6.45, 7) is 11.9. The Bertz CT molecular complexity index is 121. The summed E-state index contributed by atoms with van der Waals surface area (Å²) < 4.78 is 0. The van der Waals surface area contributed by atoms with E-state index in [2.05, 4.69) is 25.3 Å². The summed E-state index contributed by atoms with van der Waals surface area (Å²) in [5.41, 5.74) is 1.15. The lowest BCUT2D eigenvalue weighted by Crippen LogP contribution is -2.34. The molecular weight excluding hydrogens is 138 g/mol. The molecule has 0 spiro atoms. The number of aliphatic hydroxyl groups is 1. The van der Waals surface area contributed by atoms with E-state index in [0.29, 0.717) is 6.04 Å². The van der Waals surface area contributed by atoms with E-state index in [4.69, 9.17) is 5.11 Å². The second-order valence-electron chi connectivity index (χ2n) is 3.24. The predicted molar refractivity (Wildman–Crippen MR) is 48.6 cm³/mol. The molecule has 0 fully saturated rings. The fourth-order valence-electron chi connectivity index (χ4n) is 0.995. The summed E-state index contributed by atoms with van der Waals surface area (Å²) in [7, 11) is 0. The van der Waals surface area contributed by atoms with Gasteiger partial charge < -0.3 is 5.11 Å². The minimum atomic E-state index is 0.228. The minimum absolute atomic E-state index is 0.228. The topological polar surface area (TPSA) is 23.5 Å². The number of hydrogen-bond acceptors (Lipinski definition) is 2. The van der Waals surface area contributed by atoms with E-state index < -0.39 is 0 Å². The van der Waals surface area contributed by atoms with Gasteiger partial charge in [0.15, 0.2) is 0 Å². The van der Waals surface area contributed by atoms with Crippen LogP contribution in [-0.4, -0.2) is 35.7 Å². The van der Waals surface area contributed by atoms with Crippen molar-refractivity contribution in [2.45, 2.75) is 26.8 Å². The number of aliphatic hydroxyl groups excluding tert-OH is 1. The summed E-state index contributed by atoms with van der Waals surface area (Å²) in [6.07, 6.45) is 0. The van der Waals surface area contributed by atoms with Crippen LogP contribution in [0.25, 0.3) is 0 Å². The van der Waals surface area contributed by atoms with Gasteiger partial charge in [0.2, 0.25) is 0 Å². The largest absolute Gasteiger partial charge is 0.395 e. The van der Waals surface area contributed by atoms with Crippen LogP contribution in [0.3, 0.4) is 0 Å². The van der Waals surface area contributed by atoms with Gasteiger partial charge in [0.25, 0.3) is 0 Å². The van der Waals surface area contributed by atoms with E-state index >= 15 is 0 Å². The zero-order valence-corrected chi connectivity index (χ0v) is 7.80. The molecule has 0 unspecified atom stereocenters. The molecule has 0 aliphatic heterocycles. The van der Waals surface area contributed by atoms with Crippen molar-refractivity contribution in [2.75, 3.05) is 19.7 Å². The van der Waals surface area contributed by atoms with Gasteiger partial charge in [0, 0.05) is 19.1 Å². The number of nitrogens with zero attached hydrogens (tertiary/aromatic N) is 1. The molecule has 0 aliphatic carbocycles. The van der Waals surface area contributed by atoms with E-state index in [1.165, 1.54) is 0 Å². The highest BCUT2D eigenvalue weighted by molar-refractivity contribution is 4.92. The van der Waals surface area contributed by atoms with Crippen LogP contribution in [0.5, 0.6) is 0 Å². The van der Waals surface area contributed by atoms with E-state index in [-0.39, 0.29) is 6.61 Å². The lowest BCUT2D eigenvalue weighted by molar-refractivity contribution is 0.177. The Morgan fingerprint density at radius 3 is 2.36 bits per heavy atom. The van der Waals surface area contributed by atoms with Crippen LogP contribution in [0.1, 0.15) is 20.8 Å². The quantitative estimate of drug-likeness (QED) is 0.607. The first-order chi connectivity index (χ1) is 5.07. The van der Waals surface area contributed by atoms with Gasteiger partial charge in [0.1, 0.15) is 0 Å². The molecule has 11 heavy (non-hydrogen) atoms. The Labute approximate surface area is 69.5 Å². The predicted octanol–water partition coefficient (Wildman–Crippen LogP) is 1.27. The number of rotatable bonds is 5. The fourth-order valence-corrected chi connectivity index (χ4v) is 0.995. The molecule has 0 atom stereocenters. The van der Waals surface area contributed by atoms with Crippen LogP contribution >= 0.6 is 0 Å². The molecule has 1 N–H and O–H groups in total. The summed E-state index contributed by atoms with van der Waals surface area (Å²) in [6, 6.07) is 0.485. The lowest BCUT2D eigenvalue weighted by Gasteiger charge is -2.25. The van der Waals surface area contributed by atoms with Crippen molar-refractivity contribution < 1.29 is 5.11 Å². The van der Waals surface area contributed by atoms with Gasteiger partial charge in [-0.1, -0.05) is 12.2 Å². The molecule has 0 heterocycles. The lowest BCUT2D eigenvalue weighted by atomic mass is 10.2. The van der Waals surface area contributed by atoms with E-state index in [1.54, 1.807) is 0 Å². The third-order valence-electron chi connectivity index (χ3n) is 1.59. The molecule has 0 rings (SSSR count). The molecule has 0 aliphatic rings. The first-order valence-electron chi connectivity index (χ1n) is 4.07. The maximum atomic E-state index is 8.73. The third kappa shape index (κ3) is 4.99. The van der Waals surface area contributed by atoms with Gasteiger partial charge in [0.05, 0.1) is 6.61 Å². The van der Waals surface area contributed by atoms with Crippen molar-refractivity contribution in [3.63, 3.8) is 0 Å². The van der Waals surface area contributed by atoms with Crippen molar-refractivity contribution in [2.24, 2.45) is 0 Å². The molecule has 0 radical (unpaired) electrons. The zero-order valence-electron chi connectivity index (χ0n) is 7.80. The Morgan fingerprint density at radius 1 is 1.55 bits per heavy atom. The van der Waals surface area contributed by atoms with E-state index in [1.807, 2.05) is 6.92 Å². The highest BCUT2D eigenvalue weighted by Crippen LogP contribution is 2.00. The molecule has 0 bridgehead atoms. The first-order valence-corrected chi connectivity index (χ1v) is 4.07. The minimum Gasteiger partial charge on any atom is -0.395 e. The smallest absolute Gasteiger partial charge is 0.0558 e. The van der Waals surface area contributed by atoms with Crippen LogP contribution < -0.4 is 0 Å². The molecule has 0 aromatic carbocycles. The van der Waals surface area contributed by atoms with Crippen molar-refractivity contribution in [1.82, 2.24) is 4.90 Å². The molecule has 0 aromatic heterocycles. The molecule has 0 saturated heterocycles. The Kier molecular flexibility index (Phi) is 5.16. The Morgan fingerprint density at radius 2 is 2.09 bits per heavy atom. The second-order valence-corrected chi connectivity index (χ2v) is 3.24. The molecule has 66 valence electrons. The van der Waals surface area contributed by atoms with E-state index in [9.17, 15) is 0 Å². The van der Waals surface area contributed by atoms with E-state index in [0.717, 1.165) is 18.7 Å². The summed E-state index contributed by atoms with van der Waals surface area (Å²) in [5, 5.41) is 8.73. The van der Waals surface area contributed by atoms with Crippen LogP contribution in [-0.2, 0) is 0 Å². The number of hydrogen-bond donors (Lipinski definition) is 1. The molecule has 2 nitrogen and oxygen atoms in total. The van der Waals surface area contributed by atoms with Crippen molar-refractivity contribution >= 4 is 0 Å².